The van der Waals surface area contributed by atoms with E-state index in [4.69, 9.17) is 4.74 Å². The van der Waals surface area contributed by atoms with Crippen molar-refractivity contribution in [2.75, 3.05) is 0 Å². The summed E-state index contributed by atoms with van der Waals surface area (Å²) in [6.07, 6.45) is 0.117. The van der Waals surface area contributed by atoms with Crippen LogP contribution in [-0.2, 0) is 16.8 Å². The van der Waals surface area contributed by atoms with E-state index in [1.165, 1.54) is 16.3 Å². The Kier molecular flexibility index (Phi) is 6.03. The minimum Gasteiger partial charge on any atom is -0.481 e. The van der Waals surface area contributed by atoms with Crippen molar-refractivity contribution in [2.45, 2.75) is 52.2 Å². The van der Waals surface area contributed by atoms with E-state index in [9.17, 15) is 4.79 Å². The van der Waals surface area contributed by atoms with Crippen molar-refractivity contribution in [2.24, 2.45) is 0 Å². The smallest absolute Gasteiger partial charge is 0.261 e. The van der Waals surface area contributed by atoms with Gasteiger partial charge >= 0.3 is 0 Å². The molecule has 0 aliphatic carbocycles. The number of rotatable bonds is 6. The van der Waals surface area contributed by atoms with Crippen LogP contribution in [0.1, 0.15) is 45.2 Å². The largest absolute Gasteiger partial charge is 0.481 e. The van der Waals surface area contributed by atoms with Gasteiger partial charge in [-0.05, 0) is 51.9 Å². The van der Waals surface area contributed by atoms with E-state index in [1.54, 1.807) is 0 Å². The van der Waals surface area contributed by atoms with E-state index >= 15 is 0 Å². The van der Waals surface area contributed by atoms with Crippen LogP contribution in [0.15, 0.2) is 66.7 Å². The molecular formula is C25H29NO2. The van der Waals surface area contributed by atoms with E-state index in [1.807, 2.05) is 31.2 Å². The molecule has 0 spiro atoms. The second-order valence-corrected chi connectivity index (χ2v) is 8.19. The minimum absolute atomic E-state index is 0.0874. The van der Waals surface area contributed by atoms with Gasteiger partial charge in [0.15, 0.2) is 6.10 Å². The number of nitrogens with one attached hydrogen (secondary N) is 1. The molecule has 28 heavy (non-hydrogen) atoms. The molecule has 0 heterocycles. The molecular weight excluding hydrogens is 346 g/mol. The summed E-state index contributed by atoms with van der Waals surface area (Å²) < 4.78 is 5.94. The van der Waals surface area contributed by atoms with Gasteiger partial charge in [0, 0.05) is 6.54 Å². The zero-order chi connectivity index (χ0) is 20.1. The third kappa shape index (κ3) is 4.92. The molecule has 3 aromatic rings. The number of benzene rings is 3. The number of carbonyl (C=O) groups is 1. The standard InChI is InChI=1S/C25H29NO2/c1-5-23(28-22-14-12-21(13-15-22)25(2,3)4)24(27)26-17-18-10-11-19-8-6-7-9-20(19)16-18/h6-16,23H,5,17H2,1-4H3,(H,26,27)/t23-/m1/s1. The number of hydrogen-bond acceptors (Lipinski definition) is 2. The van der Waals surface area contributed by atoms with Crippen molar-refractivity contribution < 1.29 is 9.53 Å². The number of carbonyl (C=O) groups excluding carboxylic acids is 1. The van der Waals surface area contributed by atoms with Gasteiger partial charge in [-0.1, -0.05) is 76.2 Å². The van der Waals surface area contributed by atoms with Crippen molar-refractivity contribution in [1.29, 1.82) is 0 Å². The molecule has 0 saturated carbocycles. The maximum Gasteiger partial charge on any atom is 0.261 e. The average Bonchev–Trinajstić information content (AvgIpc) is 2.69. The summed E-state index contributed by atoms with van der Waals surface area (Å²) in [5.41, 5.74) is 2.42. The van der Waals surface area contributed by atoms with Gasteiger partial charge in [0.05, 0.1) is 0 Å². The molecule has 0 saturated heterocycles. The van der Waals surface area contributed by atoms with Crippen molar-refractivity contribution in [3.8, 4) is 5.75 Å². The van der Waals surface area contributed by atoms with Crippen LogP contribution in [0.4, 0.5) is 0 Å². The molecule has 3 nitrogen and oxygen atoms in total. The van der Waals surface area contributed by atoms with Crippen LogP contribution in [-0.4, -0.2) is 12.0 Å². The van der Waals surface area contributed by atoms with Gasteiger partial charge in [0.2, 0.25) is 0 Å². The van der Waals surface area contributed by atoms with E-state index in [0.29, 0.717) is 13.0 Å². The predicted octanol–water partition coefficient (Wildman–Crippen LogP) is 5.61. The first-order valence-electron chi connectivity index (χ1n) is 9.89. The van der Waals surface area contributed by atoms with Crippen molar-refractivity contribution in [1.82, 2.24) is 5.32 Å². The third-order valence-electron chi connectivity index (χ3n) is 4.94. The second kappa shape index (κ2) is 8.47. The van der Waals surface area contributed by atoms with Crippen molar-refractivity contribution in [3.05, 3.63) is 77.9 Å². The molecule has 0 aliphatic heterocycles. The highest BCUT2D eigenvalue weighted by atomic mass is 16.5. The molecule has 0 fully saturated rings. The summed E-state index contributed by atoms with van der Waals surface area (Å²) in [6.45, 7) is 8.99. The van der Waals surface area contributed by atoms with Crippen LogP contribution in [0, 0.1) is 0 Å². The Morgan fingerprint density at radius 3 is 2.29 bits per heavy atom. The van der Waals surface area contributed by atoms with Gasteiger partial charge in [0.1, 0.15) is 5.75 Å². The summed E-state index contributed by atoms with van der Waals surface area (Å²) in [5.74, 6) is 0.635. The predicted molar refractivity (Wildman–Crippen MR) is 116 cm³/mol. The molecule has 0 radical (unpaired) electrons. The van der Waals surface area contributed by atoms with E-state index < -0.39 is 6.10 Å². The van der Waals surface area contributed by atoms with Crippen LogP contribution in [0.2, 0.25) is 0 Å². The van der Waals surface area contributed by atoms with Crippen molar-refractivity contribution in [3.63, 3.8) is 0 Å². The molecule has 0 aliphatic rings. The fourth-order valence-electron chi connectivity index (χ4n) is 3.17. The molecule has 1 atom stereocenters. The Morgan fingerprint density at radius 2 is 1.64 bits per heavy atom. The zero-order valence-electron chi connectivity index (χ0n) is 17.2. The van der Waals surface area contributed by atoms with Gasteiger partial charge in [0.25, 0.3) is 5.91 Å². The highest BCUT2D eigenvalue weighted by molar-refractivity contribution is 5.83. The SMILES string of the molecule is CC[C@@H](Oc1ccc(C(C)(C)C)cc1)C(=O)NCc1ccc2ccccc2c1. The van der Waals surface area contributed by atoms with Crippen molar-refractivity contribution >= 4 is 16.7 Å². The first-order valence-corrected chi connectivity index (χ1v) is 9.89. The number of hydrogen-bond donors (Lipinski definition) is 1. The van der Waals surface area contributed by atoms with Crippen LogP contribution in [0.5, 0.6) is 5.75 Å². The molecule has 0 aromatic heterocycles. The lowest BCUT2D eigenvalue weighted by Crippen LogP contribution is -2.37. The Hall–Kier alpha value is -2.81. The fraction of sp³-hybridized carbons (Fsp3) is 0.320. The summed E-state index contributed by atoms with van der Waals surface area (Å²) >= 11 is 0. The van der Waals surface area contributed by atoms with Crippen LogP contribution >= 0.6 is 0 Å². The quantitative estimate of drug-likeness (QED) is 0.608. The highest BCUT2D eigenvalue weighted by Gasteiger charge is 2.19. The van der Waals surface area contributed by atoms with E-state index in [-0.39, 0.29) is 11.3 Å². The lowest BCUT2D eigenvalue weighted by Gasteiger charge is -2.21. The lowest BCUT2D eigenvalue weighted by atomic mass is 9.87. The average molecular weight is 376 g/mol. The van der Waals surface area contributed by atoms with Gasteiger partial charge in [-0.3, -0.25) is 4.79 Å². The molecule has 0 unspecified atom stereocenters. The topological polar surface area (TPSA) is 38.3 Å². The van der Waals surface area contributed by atoms with Gasteiger partial charge in [-0.2, -0.15) is 0 Å². The van der Waals surface area contributed by atoms with Crippen LogP contribution < -0.4 is 10.1 Å². The summed E-state index contributed by atoms with van der Waals surface area (Å²) in [5, 5.41) is 5.38. The Bertz CT molecular complexity index is 939. The fourth-order valence-corrected chi connectivity index (χ4v) is 3.17. The Labute approximate surface area is 167 Å². The maximum absolute atomic E-state index is 12.6. The Morgan fingerprint density at radius 1 is 0.964 bits per heavy atom. The molecule has 0 bridgehead atoms. The molecule has 3 heteroatoms. The molecule has 3 rings (SSSR count). The zero-order valence-corrected chi connectivity index (χ0v) is 17.2. The summed E-state index contributed by atoms with van der Waals surface area (Å²) in [6, 6.07) is 22.5. The van der Waals surface area contributed by atoms with Crippen LogP contribution in [0.3, 0.4) is 0 Å². The van der Waals surface area contributed by atoms with E-state index in [0.717, 1.165) is 11.3 Å². The second-order valence-electron chi connectivity index (χ2n) is 8.19. The molecule has 3 aromatic carbocycles. The monoisotopic (exact) mass is 375 g/mol. The summed E-state index contributed by atoms with van der Waals surface area (Å²) in [7, 11) is 0. The van der Waals surface area contributed by atoms with Gasteiger partial charge in [-0.25, -0.2) is 0 Å². The third-order valence-corrected chi connectivity index (χ3v) is 4.94. The van der Waals surface area contributed by atoms with Gasteiger partial charge in [-0.15, -0.1) is 0 Å². The summed E-state index contributed by atoms with van der Waals surface area (Å²) in [4.78, 5) is 12.6. The normalized spacial score (nSPS) is 12.6. The Balaban J connectivity index is 1.61. The number of amides is 1. The highest BCUT2D eigenvalue weighted by Crippen LogP contribution is 2.25. The number of fused-ring (bicyclic) bond motifs is 1. The number of ether oxygens (including phenoxy) is 1. The first kappa shape index (κ1) is 19.9. The molecule has 146 valence electrons. The molecule has 1 N–H and O–H groups in total. The maximum atomic E-state index is 12.6. The minimum atomic E-state index is -0.499. The van der Waals surface area contributed by atoms with Gasteiger partial charge < -0.3 is 10.1 Å². The molecule has 1 amide bonds. The lowest BCUT2D eigenvalue weighted by molar-refractivity contribution is -0.128. The first-order chi connectivity index (χ1) is 13.4. The van der Waals surface area contributed by atoms with E-state index in [2.05, 4.69) is 68.6 Å². The van der Waals surface area contributed by atoms with Crippen LogP contribution in [0.25, 0.3) is 10.8 Å².